The predicted octanol–water partition coefficient (Wildman–Crippen LogP) is 3.55. The van der Waals surface area contributed by atoms with Crippen LogP contribution in [0.25, 0.3) is 11.1 Å². The maximum absolute atomic E-state index is 12.2. The van der Waals surface area contributed by atoms with Gasteiger partial charge in [0.25, 0.3) is 0 Å². The van der Waals surface area contributed by atoms with Gasteiger partial charge in [-0.25, -0.2) is 4.79 Å². The Balaban J connectivity index is 1.10. The standard InChI is InChI=1S/C27H32N2O6/c30-25(29-15-18-6-5-7-19(14-18)26(31)32)17-34-13-12-28-27(33)35-16-24-22-10-3-1-8-20(22)21-9-2-4-11-23(21)24/h1-4,8-11,18-19,24H,5-7,12-17H2,(H,28,33)(H,29,30)(H,31,32). The molecule has 186 valence electrons. The topological polar surface area (TPSA) is 114 Å². The molecule has 0 radical (unpaired) electrons. The highest BCUT2D eigenvalue weighted by molar-refractivity contribution is 5.79. The van der Waals surface area contributed by atoms with Crippen LogP contribution < -0.4 is 10.6 Å². The van der Waals surface area contributed by atoms with Crippen molar-refractivity contribution in [2.45, 2.75) is 31.6 Å². The van der Waals surface area contributed by atoms with E-state index in [9.17, 15) is 14.4 Å². The van der Waals surface area contributed by atoms with E-state index in [-0.39, 0.29) is 50.0 Å². The van der Waals surface area contributed by atoms with Gasteiger partial charge in [-0.1, -0.05) is 55.0 Å². The summed E-state index contributed by atoms with van der Waals surface area (Å²) in [5, 5.41) is 14.6. The number of ether oxygens (including phenoxy) is 2. The molecule has 3 N–H and O–H groups in total. The van der Waals surface area contributed by atoms with Crippen LogP contribution in [0.3, 0.4) is 0 Å². The first kappa shape index (κ1) is 24.7. The van der Waals surface area contributed by atoms with E-state index in [4.69, 9.17) is 14.6 Å². The van der Waals surface area contributed by atoms with E-state index in [1.54, 1.807) is 0 Å². The summed E-state index contributed by atoms with van der Waals surface area (Å²) in [4.78, 5) is 35.3. The highest BCUT2D eigenvalue weighted by atomic mass is 16.5. The number of aliphatic carboxylic acids is 1. The van der Waals surface area contributed by atoms with Crippen molar-refractivity contribution >= 4 is 18.0 Å². The average molecular weight is 481 g/mol. The zero-order valence-corrected chi connectivity index (χ0v) is 19.7. The minimum atomic E-state index is -0.756. The molecule has 0 heterocycles. The van der Waals surface area contributed by atoms with Gasteiger partial charge in [-0.15, -0.1) is 0 Å². The summed E-state index contributed by atoms with van der Waals surface area (Å²) >= 11 is 0. The van der Waals surface area contributed by atoms with Gasteiger partial charge in [0.05, 0.1) is 12.5 Å². The SMILES string of the molecule is O=C(COCCNC(=O)OCC1c2ccccc2-c2ccccc21)NCC1CCCC(C(=O)O)C1. The smallest absolute Gasteiger partial charge is 0.407 e. The van der Waals surface area contributed by atoms with Gasteiger partial charge in [0.1, 0.15) is 13.2 Å². The van der Waals surface area contributed by atoms with Crippen molar-refractivity contribution in [2.24, 2.45) is 11.8 Å². The maximum Gasteiger partial charge on any atom is 0.407 e. The van der Waals surface area contributed by atoms with E-state index in [1.165, 1.54) is 11.1 Å². The predicted molar refractivity (Wildman–Crippen MR) is 130 cm³/mol. The summed E-state index contributed by atoms with van der Waals surface area (Å²) in [5.41, 5.74) is 4.66. The summed E-state index contributed by atoms with van der Waals surface area (Å²) in [6.45, 7) is 1.01. The lowest BCUT2D eigenvalue weighted by molar-refractivity contribution is -0.143. The fraction of sp³-hybridized carbons (Fsp3) is 0.444. The molecule has 0 saturated heterocycles. The van der Waals surface area contributed by atoms with Gasteiger partial charge in [-0.2, -0.15) is 0 Å². The largest absolute Gasteiger partial charge is 0.481 e. The third-order valence-corrected chi connectivity index (χ3v) is 6.81. The zero-order chi connectivity index (χ0) is 24.6. The summed E-state index contributed by atoms with van der Waals surface area (Å²) in [6.07, 6.45) is 2.58. The van der Waals surface area contributed by atoms with E-state index >= 15 is 0 Å². The molecule has 2 aliphatic rings. The number of amides is 2. The number of carboxylic acids is 1. The summed E-state index contributed by atoms with van der Waals surface area (Å²) in [6, 6.07) is 16.3. The van der Waals surface area contributed by atoms with Gasteiger partial charge in [-0.05, 0) is 47.4 Å². The number of hydrogen-bond acceptors (Lipinski definition) is 5. The first-order valence-electron chi connectivity index (χ1n) is 12.2. The Morgan fingerprint density at radius 3 is 2.31 bits per heavy atom. The lowest BCUT2D eigenvalue weighted by atomic mass is 9.81. The number of fused-ring (bicyclic) bond motifs is 3. The van der Waals surface area contributed by atoms with Gasteiger partial charge < -0.3 is 25.2 Å². The minimum absolute atomic E-state index is 0.00281. The normalized spacial score (nSPS) is 18.9. The quantitative estimate of drug-likeness (QED) is 0.448. The Labute approximate surface area is 205 Å². The number of alkyl carbamates (subject to hydrolysis) is 1. The Hall–Kier alpha value is -3.39. The first-order chi connectivity index (χ1) is 17.0. The van der Waals surface area contributed by atoms with Gasteiger partial charge in [-0.3, -0.25) is 9.59 Å². The third kappa shape index (κ3) is 6.39. The van der Waals surface area contributed by atoms with Crippen LogP contribution >= 0.6 is 0 Å². The van der Waals surface area contributed by atoms with Crippen LogP contribution in [0, 0.1) is 11.8 Å². The molecule has 0 bridgehead atoms. The molecular weight excluding hydrogens is 448 g/mol. The van der Waals surface area contributed by atoms with Gasteiger partial charge >= 0.3 is 12.1 Å². The van der Waals surface area contributed by atoms with Crippen LogP contribution in [0.5, 0.6) is 0 Å². The van der Waals surface area contributed by atoms with E-state index in [1.807, 2.05) is 24.3 Å². The van der Waals surface area contributed by atoms with Crippen molar-refractivity contribution in [1.82, 2.24) is 10.6 Å². The second kappa shape index (κ2) is 11.8. The molecule has 8 nitrogen and oxygen atoms in total. The van der Waals surface area contributed by atoms with E-state index in [2.05, 4.69) is 34.9 Å². The van der Waals surface area contributed by atoms with Crippen LogP contribution in [0.15, 0.2) is 48.5 Å². The molecule has 2 aliphatic carbocycles. The number of carboxylic acid groups (broad SMARTS) is 1. The molecular formula is C27H32N2O6. The van der Waals surface area contributed by atoms with Gasteiger partial charge in [0.2, 0.25) is 5.91 Å². The number of hydrogen-bond donors (Lipinski definition) is 3. The molecule has 2 aromatic carbocycles. The summed E-state index contributed by atoms with van der Waals surface area (Å²) in [7, 11) is 0. The second-order valence-corrected chi connectivity index (χ2v) is 9.18. The van der Waals surface area contributed by atoms with Crippen molar-refractivity contribution in [2.75, 3.05) is 32.9 Å². The minimum Gasteiger partial charge on any atom is -0.481 e. The molecule has 2 amide bonds. The van der Waals surface area contributed by atoms with Crippen LogP contribution in [-0.4, -0.2) is 56.0 Å². The van der Waals surface area contributed by atoms with Crippen LogP contribution in [0.1, 0.15) is 42.7 Å². The van der Waals surface area contributed by atoms with Crippen molar-refractivity contribution in [3.63, 3.8) is 0 Å². The molecule has 0 spiro atoms. The number of benzene rings is 2. The molecule has 2 aromatic rings. The van der Waals surface area contributed by atoms with Gasteiger partial charge in [0.15, 0.2) is 0 Å². The average Bonchev–Trinajstić information content (AvgIpc) is 3.20. The van der Waals surface area contributed by atoms with Crippen LogP contribution in [-0.2, 0) is 19.1 Å². The van der Waals surface area contributed by atoms with E-state index in [0.717, 1.165) is 24.0 Å². The molecule has 0 aromatic heterocycles. The monoisotopic (exact) mass is 480 g/mol. The van der Waals surface area contributed by atoms with Crippen molar-refractivity contribution in [3.8, 4) is 11.1 Å². The molecule has 1 saturated carbocycles. The molecule has 2 unspecified atom stereocenters. The Kier molecular flexibility index (Phi) is 8.36. The third-order valence-electron chi connectivity index (χ3n) is 6.81. The molecule has 0 aliphatic heterocycles. The lowest BCUT2D eigenvalue weighted by Crippen LogP contribution is -2.36. The Bertz CT molecular complexity index is 1010. The Morgan fingerprint density at radius 2 is 1.63 bits per heavy atom. The van der Waals surface area contributed by atoms with Crippen molar-refractivity contribution in [3.05, 3.63) is 59.7 Å². The summed E-state index contributed by atoms with van der Waals surface area (Å²) < 4.78 is 10.8. The first-order valence-corrected chi connectivity index (χ1v) is 12.2. The maximum atomic E-state index is 12.2. The van der Waals surface area contributed by atoms with Gasteiger partial charge in [0, 0.05) is 19.0 Å². The number of rotatable bonds is 10. The van der Waals surface area contributed by atoms with Crippen LogP contribution in [0.2, 0.25) is 0 Å². The number of nitrogens with one attached hydrogen (secondary N) is 2. The van der Waals surface area contributed by atoms with E-state index in [0.29, 0.717) is 19.4 Å². The highest BCUT2D eigenvalue weighted by Crippen LogP contribution is 2.44. The molecule has 35 heavy (non-hydrogen) atoms. The molecule has 8 heteroatoms. The number of carbonyl (C=O) groups is 3. The van der Waals surface area contributed by atoms with E-state index < -0.39 is 12.1 Å². The summed E-state index contributed by atoms with van der Waals surface area (Å²) in [5.74, 6) is -1.13. The fourth-order valence-corrected chi connectivity index (χ4v) is 5.05. The zero-order valence-electron chi connectivity index (χ0n) is 19.7. The lowest BCUT2D eigenvalue weighted by Gasteiger charge is -2.26. The molecule has 2 atom stereocenters. The highest BCUT2D eigenvalue weighted by Gasteiger charge is 2.29. The van der Waals surface area contributed by atoms with Crippen molar-refractivity contribution in [1.29, 1.82) is 0 Å². The molecule has 4 rings (SSSR count). The fourth-order valence-electron chi connectivity index (χ4n) is 5.05. The van der Waals surface area contributed by atoms with Crippen molar-refractivity contribution < 1.29 is 29.0 Å². The Morgan fingerprint density at radius 1 is 0.943 bits per heavy atom. The number of carbonyl (C=O) groups excluding carboxylic acids is 2. The second-order valence-electron chi connectivity index (χ2n) is 9.18. The molecule has 1 fully saturated rings. The van der Waals surface area contributed by atoms with Crippen LogP contribution in [0.4, 0.5) is 4.79 Å².